The lowest BCUT2D eigenvalue weighted by Gasteiger charge is -2.22. The number of benzene rings is 1. The number of allylic oxidation sites excluding steroid dienone is 2. The maximum atomic E-state index is 12.6. The van der Waals surface area contributed by atoms with Crippen LogP contribution in [0.25, 0.3) is 0 Å². The average Bonchev–Trinajstić information content (AvgIpc) is 3.13. The van der Waals surface area contributed by atoms with Crippen molar-refractivity contribution < 1.29 is 28.7 Å². The number of hydrogen-bond donors (Lipinski definition) is 0. The van der Waals surface area contributed by atoms with Gasteiger partial charge in [0, 0.05) is 0 Å². The number of rotatable bonds is 5. The molecule has 1 aromatic rings. The van der Waals surface area contributed by atoms with Crippen molar-refractivity contribution in [1.29, 1.82) is 0 Å². The second-order valence-corrected chi connectivity index (χ2v) is 7.35. The zero-order valence-electron chi connectivity index (χ0n) is 15.9. The molecule has 1 saturated heterocycles. The third-order valence-corrected chi connectivity index (χ3v) is 5.71. The van der Waals surface area contributed by atoms with Crippen LogP contribution < -0.4 is 0 Å². The van der Waals surface area contributed by atoms with Gasteiger partial charge in [0.25, 0.3) is 11.8 Å². The van der Waals surface area contributed by atoms with Crippen LogP contribution in [0, 0.1) is 11.8 Å². The van der Waals surface area contributed by atoms with Crippen LogP contribution in [-0.2, 0) is 19.1 Å². The van der Waals surface area contributed by atoms with Crippen LogP contribution in [0.15, 0.2) is 36.4 Å². The van der Waals surface area contributed by atoms with Crippen LogP contribution in [0.4, 0.5) is 0 Å². The van der Waals surface area contributed by atoms with E-state index in [1.165, 1.54) is 6.92 Å². The minimum absolute atomic E-state index is 0.0954. The van der Waals surface area contributed by atoms with Crippen LogP contribution in [0.5, 0.6) is 0 Å². The maximum Gasteiger partial charge on any atom is 0.329 e. The van der Waals surface area contributed by atoms with Gasteiger partial charge in [-0.1, -0.05) is 24.3 Å². The molecule has 4 rings (SSSR count). The first-order chi connectivity index (χ1) is 13.9. The normalized spacial score (nSPS) is 24.0. The third kappa shape index (κ3) is 3.04. The molecule has 1 aliphatic carbocycles. The molecule has 0 unspecified atom stereocenters. The molecule has 3 atom stereocenters. The summed E-state index contributed by atoms with van der Waals surface area (Å²) in [5.74, 6) is -3.15. The van der Waals surface area contributed by atoms with Crippen molar-refractivity contribution in [1.82, 2.24) is 9.80 Å². The zero-order chi connectivity index (χ0) is 20.7. The summed E-state index contributed by atoms with van der Waals surface area (Å²) in [7, 11) is 0. The fourth-order valence-corrected chi connectivity index (χ4v) is 4.11. The Morgan fingerprint density at radius 1 is 1.00 bits per heavy atom. The summed E-state index contributed by atoms with van der Waals surface area (Å²) in [6.45, 7) is 1.14. The van der Waals surface area contributed by atoms with E-state index < -0.39 is 35.7 Å². The number of esters is 1. The van der Waals surface area contributed by atoms with Crippen LogP contribution in [0.1, 0.15) is 40.5 Å². The van der Waals surface area contributed by atoms with Crippen molar-refractivity contribution >= 4 is 29.6 Å². The van der Waals surface area contributed by atoms with Gasteiger partial charge in [-0.3, -0.25) is 29.0 Å². The molecular weight excluding hydrogens is 376 g/mol. The van der Waals surface area contributed by atoms with Gasteiger partial charge in [-0.15, -0.1) is 0 Å². The van der Waals surface area contributed by atoms with Crippen molar-refractivity contribution in [2.45, 2.75) is 25.8 Å². The number of imide groups is 2. The number of ether oxygens (including phenoxy) is 1. The molecule has 2 aliphatic heterocycles. The second kappa shape index (κ2) is 7.27. The van der Waals surface area contributed by atoms with E-state index in [1.807, 2.05) is 12.2 Å². The minimum atomic E-state index is -1.05. The predicted octanol–water partition coefficient (Wildman–Crippen LogP) is 1.17. The molecule has 0 N–H and O–H groups in total. The van der Waals surface area contributed by atoms with E-state index in [9.17, 15) is 24.0 Å². The van der Waals surface area contributed by atoms with Gasteiger partial charge in [0.1, 0.15) is 12.6 Å². The van der Waals surface area contributed by atoms with Crippen LogP contribution >= 0.6 is 0 Å². The molecule has 150 valence electrons. The molecule has 29 heavy (non-hydrogen) atoms. The van der Waals surface area contributed by atoms with E-state index in [0.29, 0.717) is 24.0 Å². The number of amides is 4. The number of hydrogen-bond acceptors (Lipinski definition) is 6. The highest BCUT2D eigenvalue weighted by Crippen LogP contribution is 2.36. The Labute approximate surface area is 167 Å². The van der Waals surface area contributed by atoms with Crippen LogP contribution in [-0.4, -0.2) is 58.6 Å². The van der Waals surface area contributed by atoms with E-state index in [0.717, 1.165) is 9.80 Å². The topological polar surface area (TPSA) is 101 Å². The fraction of sp³-hybridized carbons (Fsp3) is 0.381. The minimum Gasteiger partial charge on any atom is -0.462 e. The van der Waals surface area contributed by atoms with Gasteiger partial charge in [-0.2, -0.15) is 0 Å². The number of fused-ring (bicyclic) bond motifs is 2. The molecule has 0 radical (unpaired) electrons. The van der Waals surface area contributed by atoms with E-state index in [2.05, 4.69) is 0 Å². The number of likely N-dealkylation sites (tertiary alicyclic amines) is 1. The molecule has 1 aromatic carbocycles. The van der Waals surface area contributed by atoms with Crippen molar-refractivity contribution in [2.24, 2.45) is 11.8 Å². The van der Waals surface area contributed by atoms with Crippen molar-refractivity contribution in [2.75, 3.05) is 13.2 Å². The van der Waals surface area contributed by atoms with Gasteiger partial charge in [0.15, 0.2) is 0 Å². The highest BCUT2D eigenvalue weighted by molar-refractivity contribution is 6.21. The monoisotopic (exact) mass is 396 g/mol. The van der Waals surface area contributed by atoms with Crippen molar-refractivity contribution in [3.05, 3.63) is 47.5 Å². The molecule has 2 heterocycles. The molecule has 0 aromatic heterocycles. The van der Waals surface area contributed by atoms with E-state index in [1.54, 1.807) is 24.3 Å². The molecule has 8 nitrogen and oxygen atoms in total. The number of nitrogens with zero attached hydrogens (tertiary/aromatic N) is 2. The fourth-order valence-electron chi connectivity index (χ4n) is 4.11. The van der Waals surface area contributed by atoms with Gasteiger partial charge in [-0.25, -0.2) is 4.79 Å². The van der Waals surface area contributed by atoms with E-state index in [4.69, 9.17) is 4.74 Å². The highest BCUT2D eigenvalue weighted by atomic mass is 16.5. The lowest BCUT2D eigenvalue weighted by Crippen LogP contribution is -2.45. The summed E-state index contributed by atoms with van der Waals surface area (Å²) in [4.78, 5) is 64.2. The van der Waals surface area contributed by atoms with Crippen LogP contribution in [0.2, 0.25) is 0 Å². The third-order valence-electron chi connectivity index (χ3n) is 5.71. The molecule has 0 bridgehead atoms. The number of carbonyl (C=O) groups is 5. The SMILES string of the molecule is C[C@@H](C(=O)OCCN1C(=O)c2ccccc2C1=O)N1C(=O)[C@@H]2CC=CC[C@H]2C1=O. The Morgan fingerprint density at radius 3 is 2.03 bits per heavy atom. The molecule has 0 spiro atoms. The lowest BCUT2D eigenvalue weighted by atomic mass is 9.85. The quantitative estimate of drug-likeness (QED) is 0.421. The Hall–Kier alpha value is -3.29. The molecular formula is C21H20N2O6. The van der Waals surface area contributed by atoms with Crippen molar-refractivity contribution in [3.63, 3.8) is 0 Å². The summed E-state index contributed by atoms with van der Waals surface area (Å²) in [6, 6.07) is 5.44. The maximum absolute atomic E-state index is 12.6. The Bertz CT molecular complexity index is 891. The zero-order valence-corrected chi connectivity index (χ0v) is 15.9. The summed E-state index contributed by atoms with van der Waals surface area (Å²) < 4.78 is 5.18. The molecule has 4 amide bonds. The van der Waals surface area contributed by atoms with E-state index in [-0.39, 0.29) is 25.0 Å². The van der Waals surface area contributed by atoms with Gasteiger partial charge < -0.3 is 4.74 Å². The number of carbonyl (C=O) groups excluding carboxylic acids is 5. The second-order valence-electron chi connectivity index (χ2n) is 7.35. The van der Waals surface area contributed by atoms with Gasteiger partial charge in [0.05, 0.1) is 29.5 Å². The Morgan fingerprint density at radius 2 is 1.52 bits per heavy atom. The van der Waals surface area contributed by atoms with Crippen LogP contribution in [0.3, 0.4) is 0 Å². The standard InChI is InChI=1S/C21H20N2O6/c1-12(23-19(26)15-8-4-5-9-16(15)20(23)27)21(28)29-11-10-22-17(24)13-6-2-3-7-14(13)18(22)25/h2-7,12,15-16H,8-11H2,1H3/t12-,15+,16+/m0/s1. The molecule has 0 saturated carbocycles. The highest BCUT2D eigenvalue weighted by Gasteiger charge is 2.50. The largest absolute Gasteiger partial charge is 0.462 e. The van der Waals surface area contributed by atoms with Gasteiger partial charge in [0.2, 0.25) is 11.8 Å². The lowest BCUT2D eigenvalue weighted by molar-refractivity contribution is -0.158. The molecule has 8 heteroatoms. The predicted molar refractivity (Wildman–Crippen MR) is 99.4 cm³/mol. The first kappa shape index (κ1) is 19.0. The Balaban J connectivity index is 1.35. The smallest absolute Gasteiger partial charge is 0.329 e. The molecule has 1 fully saturated rings. The summed E-state index contributed by atoms with van der Waals surface area (Å²) in [5.41, 5.74) is 0.642. The van der Waals surface area contributed by atoms with E-state index >= 15 is 0 Å². The Kier molecular flexibility index (Phi) is 4.77. The van der Waals surface area contributed by atoms with Crippen molar-refractivity contribution in [3.8, 4) is 0 Å². The van der Waals surface area contributed by atoms with Gasteiger partial charge >= 0.3 is 5.97 Å². The summed E-state index contributed by atoms with van der Waals surface area (Å²) in [5, 5.41) is 0. The summed E-state index contributed by atoms with van der Waals surface area (Å²) in [6.07, 6.45) is 4.74. The summed E-state index contributed by atoms with van der Waals surface area (Å²) >= 11 is 0. The van der Waals surface area contributed by atoms with Gasteiger partial charge in [-0.05, 0) is 31.9 Å². The average molecular weight is 396 g/mol. The first-order valence-electron chi connectivity index (χ1n) is 9.55. The molecule has 3 aliphatic rings. The first-order valence-corrected chi connectivity index (χ1v) is 9.55.